The highest BCUT2D eigenvalue weighted by Gasteiger charge is 2.24. The van der Waals surface area contributed by atoms with Gasteiger partial charge in [0.2, 0.25) is 11.7 Å². The van der Waals surface area contributed by atoms with Gasteiger partial charge in [0.15, 0.2) is 11.6 Å². The third-order valence-electron chi connectivity index (χ3n) is 5.30. The van der Waals surface area contributed by atoms with Crippen molar-refractivity contribution >= 4 is 40.8 Å². The third-order valence-corrected chi connectivity index (χ3v) is 5.87. The van der Waals surface area contributed by atoms with Crippen molar-refractivity contribution in [3.63, 3.8) is 0 Å². The van der Waals surface area contributed by atoms with E-state index in [-0.39, 0.29) is 52.0 Å². The quantitative estimate of drug-likeness (QED) is 0.408. The summed E-state index contributed by atoms with van der Waals surface area (Å²) in [5.74, 6) is -0.801. The molecule has 11 heteroatoms. The van der Waals surface area contributed by atoms with Crippen LogP contribution in [0.3, 0.4) is 0 Å². The largest absolute Gasteiger partial charge is 0.347 e. The summed E-state index contributed by atoms with van der Waals surface area (Å²) in [6.45, 7) is 3.88. The molecule has 9 nitrogen and oxygen atoms in total. The molecular formula is C25H28Cl2N6O3. The number of amides is 2. The van der Waals surface area contributed by atoms with E-state index >= 15 is 0 Å². The topological polar surface area (TPSA) is 123 Å². The minimum atomic E-state index is -0.697. The van der Waals surface area contributed by atoms with Gasteiger partial charge in [-0.3, -0.25) is 14.4 Å². The van der Waals surface area contributed by atoms with Crippen LogP contribution in [0.1, 0.15) is 52.6 Å². The van der Waals surface area contributed by atoms with Crippen LogP contribution >= 0.6 is 23.2 Å². The van der Waals surface area contributed by atoms with E-state index in [4.69, 9.17) is 28.9 Å². The summed E-state index contributed by atoms with van der Waals surface area (Å²) in [5.41, 5.74) is 6.80. The second-order valence-electron chi connectivity index (χ2n) is 8.89. The highest BCUT2D eigenvalue weighted by molar-refractivity contribution is 6.35. The molecule has 0 fully saturated rings. The standard InChI is InChI=1S/C25H28Cl2N6O3/c1-14(2)11-19(28)24(35)29-13-21-30-23(25(36)32(3)4)31-33(21)20-10-9-15(26)12-17(20)22(34)16-7-5-6-8-18(16)27/h5-10,12,14,19H,11,13,28H2,1-4H3,(H,29,35)/t19-/m0/s1. The van der Waals surface area contributed by atoms with Gasteiger partial charge < -0.3 is 16.0 Å². The molecule has 0 saturated carbocycles. The molecule has 2 aromatic carbocycles. The Morgan fingerprint density at radius 2 is 1.78 bits per heavy atom. The van der Waals surface area contributed by atoms with Gasteiger partial charge >= 0.3 is 0 Å². The average molecular weight is 531 g/mol. The number of hydrogen-bond donors (Lipinski definition) is 2. The summed E-state index contributed by atoms with van der Waals surface area (Å²) in [5, 5.41) is 7.72. The van der Waals surface area contributed by atoms with Crippen LogP contribution in [0.5, 0.6) is 0 Å². The summed E-state index contributed by atoms with van der Waals surface area (Å²) in [6.07, 6.45) is 0.510. The van der Waals surface area contributed by atoms with Crippen LogP contribution in [-0.4, -0.2) is 57.4 Å². The normalized spacial score (nSPS) is 11.9. The molecular weight excluding hydrogens is 503 g/mol. The lowest BCUT2D eigenvalue weighted by Crippen LogP contribution is -2.41. The first-order valence-electron chi connectivity index (χ1n) is 11.3. The van der Waals surface area contributed by atoms with Gasteiger partial charge in [-0.2, -0.15) is 0 Å². The molecule has 0 saturated heterocycles. The first-order chi connectivity index (χ1) is 17.0. The maximum Gasteiger partial charge on any atom is 0.293 e. The van der Waals surface area contributed by atoms with Gasteiger partial charge in [-0.05, 0) is 42.7 Å². The summed E-state index contributed by atoms with van der Waals surface area (Å²) in [7, 11) is 3.15. The molecule has 0 aliphatic heterocycles. The minimum Gasteiger partial charge on any atom is -0.347 e. The van der Waals surface area contributed by atoms with E-state index in [1.807, 2.05) is 13.8 Å². The van der Waals surface area contributed by atoms with Crippen molar-refractivity contribution < 1.29 is 14.4 Å². The van der Waals surface area contributed by atoms with E-state index in [0.29, 0.717) is 17.1 Å². The van der Waals surface area contributed by atoms with E-state index in [9.17, 15) is 14.4 Å². The predicted molar refractivity (Wildman–Crippen MR) is 139 cm³/mol. The summed E-state index contributed by atoms with van der Waals surface area (Å²) >= 11 is 12.5. The molecule has 1 heterocycles. The number of halogens is 2. The molecule has 3 rings (SSSR count). The van der Waals surface area contributed by atoms with Crippen molar-refractivity contribution in [2.75, 3.05) is 14.1 Å². The second-order valence-corrected chi connectivity index (χ2v) is 9.73. The van der Waals surface area contributed by atoms with Crippen molar-refractivity contribution in [2.45, 2.75) is 32.9 Å². The van der Waals surface area contributed by atoms with Gasteiger partial charge in [-0.15, -0.1) is 5.10 Å². The fraction of sp³-hybridized carbons (Fsp3) is 0.320. The lowest BCUT2D eigenvalue weighted by Gasteiger charge is -2.15. The molecule has 0 radical (unpaired) electrons. The smallest absolute Gasteiger partial charge is 0.293 e. The number of nitrogens with one attached hydrogen (secondary N) is 1. The second kappa shape index (κ2) is 11.6. The van der Waals surface area contributed by atoms with Gasteiger partial charge in [0.25, 0.3) is 5.91 Å². The summed E-state index contributed by atoms with van der Waals surface area (Å²) in [6, 6.07) is 10.6. The zero-order valence-electron chi connectivity index (χ0n) is 20.5. The number of ketones is 1. The van der Waals surface area contributed by atoms with E-state index in [1.165, 1.54) is 15.6 Å². The van der Waals surface area contributed by atoms with Crippen LogP contribution in [0, 0.1) is 5.92 Å². The Bertz CT molecular complexity index is 1290. The molecule has 0 unspecified atom stereocenters. The zero-order valence-corrected chi connectivity index (χ0v) is 22.0. The lowest BCUT2D eigenvalue weighted by atomic mass is 10.0. The average Bonchev–Trinajstić information content (AvgIpc) is 3.25. The SMILES string of the molecule is CC(C)C[C@H](N)C(=O)NCc1nc(C(=O)N(C)C)nn1-c1ccc(Cl)cc1C(=O)c1ccccc1Cl. The Morgan fingerprint density at radius 3 is 2.42 bits per heavy atom. The molecule has 2 amide bonds. The van der Waals surface area contributed by atoms with Gasteiger partial charge in [-0.25, -0.2) is 9.67 Å². The summed E-state index contributed by atoms with van der Waals surface area (Å²) < 4.78 is 1.35. The van der Waals surface area contributed by atoms with Crippen LogP contribution in [0.2, 0.25) is 10.0 Å². The number of carbonyl (C=O) groups is 3. The van der Waals surface area contributed by atoms with E-state index in [1.54, 1.807) is 50.5 Å². The first-order valence-corrected chi connectivity index (χ1v) is 12.0. The van der Waals surface area contributed by atoms with E-state index in [0.717, 1.165) is 0 Å². The Hall–Kier alpha value is -3.27. The Labute approximate surface area is 219 Å². The number of hydrogen-bond acceptors (Lipinski definition) is 6. The van der Waals surface area contributed by atoms with E-state index in [2.05, 4.69) is 15.4 Å². The van der Waals surface area contributed by atoms with Crippen molar-refractivity contribution in [3.8, 4) is 5.69 Å². The molecule has 0 spiro atoms. The molecule has 0 bridgehead atoms. The maximum atomic E-state index is 13.5. The molecule has 3 N–H and O–H groups in total. The third kappa shape index (κ3) is 6.29. The highest BCUT2D eigenvalue weighted by Crippen LogP contribution is 2.26. The zero-order chi connectivity index (χ0) is 26.6. The van der Waals surface area contributed by atoms with Crippen molar-refractivity contribution in [1.29, 1.82) is 0 Å². The highest BCUT2D eigenvalue weighted by atomic mass is 35.5. The fourth-order valence-corrected chi connectivity index (χ4v) is 3.91. The molecule has 3 aromatic rings. The summed E-state index contributed by atoms with van der Waals surface area (Å²) in [4.78, 5) is 44.3. The van der Waals surface area contributed by atoms with Crippen LogP contribution in [0.4, 0.5) is 0 Å². The molecule has 1 aromatic heterocycles. The minimum absolute atomic E-state index is 0.0688. The fourth-order valence-electron chi connectivity index (χ4n) is 3.52. The molecule has 36 heavy (non-hydrogen) atoms. The number of carbonyl (C=O) groups excluding carboxylic acids is 3. The number of nitrogens with two attached hydrogens (primary N) is 1. The molecule has 1 atom stereocenters. The monoisotopic (exact) mass is 530 g/mol. The number of benzene rings is 2. The van der Waals surface area contributed by atoms with Gasteiger partial charge in [0.1, 0.15) is 0 Å². The molecule has 190 valence electrons. The molecule has 0 aliphatic carbocycles. The Balaban J connectivity index is 2.07. The lowest BCUT2D eigenvalue weighted by molar-refractivity contribution is -0.122. The maximum absolute atomic E-state index is 13.5. The first kappa shape index (κ1) is 27.3. The van der Waals surface area contributed by atoms with Gasteiger partial charge in [0, 0.05) is 30.2 Å². The van der Waals surface area contributed by atoms with Crippen LogP contribution in [-0.2, 0) is 11.3 Å². The van der Waals surface area contributed by atoms with Crippen LogP contribution in [0.25, 0.3) is 5.69 Å². The molecule has 0 aliphatic rings. The Morgan fingerprint density at radius 1 is 1.08 bits per heavy atom. The Kier molecular flexibility index (Phi) is 8.84. The van der Waals surface area contributed by atoms with Gasteiger partial charge in [-0.1, -0.05) is 49.2 Å². The number of rotatable bonds is 9. The van der Waals surface area contributed by atoms with Crippen LogP contribution < -0.4 is 11.1 Å². The predicted octanol–water partition coefficient (Wildman–Crippen LogP) is 3.50. The van der Waals surface area contributed by atoms with Crippen molar-refractivity contribution in [3.05, 3.63) is 75.3 Å². The van der Waals surface area contributed by atoms with E-state index < -0.39 is 11.9 Å². The van der Waals surface area contributed by atoms with Crippen LogP contribution in [0.15, 0.2) is 42.5 Å². The van der Waals surface area contributed by atoms with Crippen molar-refractivity contribution in [1.82, 2.24) is 25.0 Å². The number of nitrogens with zero attached hydrogens (tertiary/aromatic N) is 4. The van der Waals surface area contributed by atoms with Crippen molar-refractivity contribution in [2.24, 2.45) is 11.7 Å². The number of aromatic nitrogens is 3. The van der Waals surface area contributed by atoms with Gasteiger partial charge in [0.05, 0.1) is 23.3 Å².